The van der Waals surface area contributed by atoms with Gasteiger partial charge in [-0.05, 0) is 47.1 Å². The third-order valence-electron chi connectivity index (χ3n) is 4.13. The number of hydrogen-bond acceptors (Lipinski definition) is 4. The molecule has 4 aromatic rings. The van der Waals surface area contributed by atoms with Crippen LogP contribution in [0.2, 0.25) is 0 Å². The number of aromatic nitrogens is 4. The molecule has 1 N–H and O–H groups in total. The van der Waals surface area contributed by atoms with Crippen molar-refractivity contribution in [3.8, 4) is 0 Å². The SMILES string of the molecule is Cc1cc(C(F)(F)F)n2nc(C(=O)Nc3ccc(Br)c4cccnc34)c(Br)c2n1. The summed E-state index contributed by atoms with van der Waals surface area (Å²) in [5, 5.41) is 7.30. The molecule has 11 heteroatoms. The number of pyridine rings is 1. The highest BCUT2D eigenvalue weighted by atomic mass is 79.9. The second kappa shape index (κ2) is 7.06. The average molecular weight is 529 g/mol. The van der Waals surface area contributed by atoms with E-state index in [4.69, 9.17) is 0 Å². The van der Waals surface area contributed by atoms with Gasteiger partial charge < -0.3 is 5.32 Å². The minimum atomic E-state index is -4.66. The molecule has 0 aliphatic heterocycles. The topological polar surface area (TPSA) is 72.2 Å². The van der Waals surface area contributed by atoms with E-state index < -0.39 is 17.8 Å². The lowest BCUT2D eigenvalue weighted by atomic mass is 10.2. The van der Waals surface area contributed by atoms with Gasteiger partial charge in [0.1, 0.15) is 5.69 Å². The van der Waals surface area contributed by atoms with Gasteiger partial charge in [0.25, 0.3) is 5.91 Å². The van der Waals surface area contributed by atoms with E-state index in [0.717, 1.165) is 15.9 Å². The second-order valence-corrected chi connectivity index (χ2v) is 7.77. The van der Waals surface area contributed by atoms with Gasteiger partial charge in [0.15, 0.2) is 11.3 Å². The highest BCUT2D eigenvalue weighted by molar-refractivity contribution is 9.11. The molecule has 3 aromatic heterocycles. The van der Waals surface area contributed by atoms with Crippen molar-refractivity contribution in [1.82, 2.24) is 19.6 Å². The molecule has 6 nitrogen and oxygen atoms in total. The summed E-state index contributed by atoms with van der Waals surface area (Å²) in [7, 11) is 0. The van der Waals surface area contributed by atoms with Crippen molar-refractivity contribution in [3.63, 3.8) is 0 Å². The Labute approximate surface area is 178 Å². The van der Waals surface area contributed by atoms with Crippen LogP contribution in [-0.4, -0.2) is 25.5 Å². The maximum absolute atomic E-state index is 13.4. The number of carbonyl (C=O) groups is 1. The summed E-state index contributed by atoms with van der Waals surface area (Å²) in [6.45, 7) is 1.44. The Balaban J connectivity index is 1.81. The summed E-state index contributed by atoms with van der Waals surface area (Å²) < 4.78 is 41.6. The van der Waals surface area contributed by atoms with Crippen LogP contribution in [0.3, 0.4) is 0 Å². The molecule has 0 bridgehead atoms. The van der Waals surface area contributed by atoms with Crippen molar-refractivity contribution in [2.75, 3.05) is 5.32 Å². The Bertz CT molecular complexity index is 1290. The molecule has 0 aliphatic rings. The molecular weight excluding hydrogens is 519 g/mol. The maximum Gasteiger partial charge on any atom is 0.433 e. The molecule has 0 unspecified atom stereocenters. The van der Waals surface area contributed by atoms with Gasteiger partial charge in [0, 0.05) is 21.7 Å². The van der Waals surface area contributed by atoms with E-state index in [9.17, 15) is 18.0 Å². The van der Waals surface area contributed by atoms with Crippen LogP contribution in [0.1, 0.15) is 21.9 Å². The summed E-state index contributed by atoms with van der Waals surface area (Å²) >= 11 is 6.58. The molecule has 4 rings (SSSR count). The molecule has 1 amide bonds. The number of nitrogens with zero attached hydrogens (tertiary/aromatic N) is 4. The first kappa shape index (κ1) is 19.8. The van der Waals surface area contributed by atoms with Gasteiger partial charge >= 0.3 is 6.18 Å². The van der Waals surface area contributed by atoms with Crippen LogP contribution >= 0.6 is 31.9 Å². The average Bonchev–Trinajstić information content (AvgIpc) is 2.99. The molecule has 3 heterocycles. The summed E-state index contributed by atoms with van der Waals surface area (Å²) in [6, 6.07) is 7.84. The molecule has 1 aromatic carbocycles. The molecular formula is C18H10Br2F3N5O. The number of amides is 1. The lowest BCUT2D eigenvalue weighted by Gasteiger charge is -2.09. The van der Waals surface area contributed by atoms with Gasteiger partial charge in [-0.1, -0.05) is 22.0 Å². The molecule has 148 valence electrons. The fraction of sp³-hybridized carbons (Fsp3) is 0.111. The Morgan fingerprint density at radius 1 is 1.21 bits per heavy atom. The number of halogens is 5. The van der Waals surface area contributed by atoms with Crippen LogP contribution in [-0.2, 0) is 6.18 Å². The lowest BCUT2D eigenvalue weighted by molar-refractivity contribution is -0.142. The maximum atomic E-state index is 13.4. The van der Waals surface area contributed by atoms with Crippen LogP contribution in [0.5, 0.6) is 0 Å². The fourth-order valence-corrected chi connectivity index (χ4v) is 3.85. The standard InChI is InChI=1S/C18H10Br2F3N5O/c1-8-7-12(18(21,22)23)28-16(25-8)13(20)15(27-28)17(29)26-11-5-4-10(19)9-3-2-6-24-14(9)11/h2-7H,1H3,(H,26,29). The van der Waals surface area contributed by atoms with Gasteiger partial charge in [-0.25, -0.2) is 9.50 Å². The first-order chi connectivity index (χ1) is 13.7. The van der Waals surface area contributed by atoms with Crippen molar-refractivity contribution >= 4 is 60.0 Å². The summed E-state index contributed by atoms with van der Waals surface area (Å²) in [4.78, 5) is 21.2. The Hall–Kier alpha value is -2.53. The monoisotopic (exact) mass is 527 g/mol. The molecule has 29 heavy (non-hydrogen) atoms. The van der Waals surface area contributed by atoms with Crippen LogP contribution in [0.4, 0.5) is 18.9 Å². The van der Waals surface area contributed by atoms with Gasteiger partial charge in [0.2, 0.25) is 0 Å². The number of carbonyl (C=O) groups excluding carboxylic acids is 1. The van der Waals surface area contributed by atoms with E-state index in [0.29, 0.717) is 15.7 Å². The minimum Gasteiger partial charge on any atom is -0.319 e. The van der Waals surface area contributed by atoms with E-state index in [2.05, 4.69) is 52.2 Å². The molecule has 0 radical (unpaired) electrons. The molecule has 0 saturated carbocycles. The molecule has 0 aliphatic carbocycles. The van der Waals surface area contributed by atoms with E-state index in [1.165, 1.54) is 6.92 Å². The van der Waals surface area contributed by atoms with Gasteiger partial charge in [0.05, 0.1) is 15.7 Å². The first-order valence-corrected chi connectivity index (χ1v) is 9.73. The quantitative estimate of drug-likeness (QED) is 0.379. The number of aryl methyl sites for hydroxylation is 1. The summed E-state index contributed by atoms with van der Waals surface area (Å²) in [5.74, 6) is -0.692. The third kappa shape index (κ3) is 3.48. The molecule has 0 fully saturated rings. The first-order valence-electron chi connectivity index (χ1n) is 8.14. The number of hydrogen-bond donors (Lipinski definition) is 1. The predicted octanol–water partition coefficient (Wildman–Crippen LogP) is 5.38. The highest BCUT2D eigenvalue weighted by Gasteiger charge is 2.36. The number of alkyl halides is 3. The van der Waals surface area contributed by atoms with Gasteiger partial charge in [-0.3, -0.25) is 9.78 Å². The number of anilines is 1. The molecule has 0 atom stereocenters. The van der Waals surface area contributed by atoms with Crippen molar-refractivity contribution in [2.45, 2.75) is 13.1 Å². The normalized spacial score (nSPS) is 11.9. The van der Waals surface area contributed by atoms with Crippen molar-refractivity contribution < 1.29 is 18.0 Å². The predicted molar refractivity (Wildman–Crippen MR) is 108 cm³/mol. The largest absolute Gasteiger partial charge is 0.433 e. The molecule has 0 saturated heterocycles. The lowest BCUT2D eigenvalue weighted by Crippen LogP contribution is -2.16. The number of nitrogens with one attached hydrogen (secondary N) is 1. The third-order valence-corrected chi connectivity index (χ3v) is 5.55. The van der Waals surface area contributed by atoms with Crippen LogP contribution in [0.15, 0.2) is 45.5 Å². The Morgan fingerprint density at radius 3 is 2.69 bits per heavy atom. The zero-order valence-corrected chi connectivity index (χ0v) is 17.7. The van der Waals surface area contributed by atoms with Crippen LogP contribution in [0.25, 0.3) is 16.6 Å². The zero-order chi connectivity index (χ0) is 20.9. The van der Waals surface area contributed by atoms with Crippen LogP contribution < -0.4 is 5.32 Å². The Kier molecular flexibility index (Phi) is 4.82. The van der Waals surface area contributed by atoms with Gasteiger partial charge in [-0.15, -0.1) is 0 Å². The van der Waals surface area contributed by atoms with Crippen molar-refractivity contribution in [2.24, 2.45) is 0 Å². The fourth-order valence-electron chi connectivity index (χ4n) is 2.88. The van der Waals surface area contributed by atoms with E-state index >= 15 is 0 Å². The summed E-state index contributed by atoms with van der Waals surface area (Å²) in [5.41, 5.74) is -0.254. The number of benzene rings is 1. The summed E-state index contributed by atoms with van der Waals surface area (Å²) in [6.07, 6.45) is -3.08. The van der Waals surface area contributed by atoms with E-state index in [1.54, 1.807) is 24.4 Å². The van der Waals surface area contributed by atoms with Gasteiger partial charge in [-0.2, -0.15) is 18.3 Å². The number of fused-ring (bicyclic) bond motifs is 2. The smallest absolute Gasteiger partial charge is 0.319 e. The Morgan fingerprint density at radius 2 is 1.97 bits per heavy atom. The second-order valence-electron chi connectivity index (χ2n) is 6.13. The van der Waals surface area contributed by atoms with Crippen molar-refractivity contribution in [3.05, 3.63) is 62.6 Å². The van der Waals surface area contributed by atoms with E-state index in [-0.39, 0.29) is 21.5 Å². The number of rotatable bonds is 2. The zero-order valence-electron chi connectivity index (χ0n) is 14.6. The van der Waals surface area contributed by atoms with Crippen molar-refractivity contribution in [1.29, 1.82) is 0 Å². The van der Waals surface area contributed by atoms with Crippen LogP contribution in [0, 0.1) is 6.92 Å². The van der Waals surface area contributed by atoms with E-state index in [1.807, 2.05) is 6.07 Å². The highest BCUT2D eigenvalue weighted by Crippen LogP contribution is 2.33. The molecule has 0 spiro atoms. The minimum absolute atomic E-state index is 0.0681.